The van der Waals surface area contributed by atoms with Crippen molar-refractivity contribution in [2.24, 2.45) is 0 Å². The van der Waals surface area contributed by atoms with Crippen LogP contribution in [0, 0.1) is 0 Å². The molecule has 0 aliphatic rings. The van der Waals surface area contributed by atoms with Gasteiger partial charge in [0.2, 0.25) is 0 Å². The molecular formula is C54H37NO. The first-order valence-electron chi connectivity index (χ1n) is 19.1. The lowest BCUT2D eigenvalue weighted by atomic mass is 9.91. The van der Waals surface area contributed by atoms with E-state index in [-0.39, 0.29) is 0 Å². The Hall–Kier alpha value is -7.42. The van der Waals surface area contributed by atoms with E-state index in [0.717, 1.165) is 50.1 Å². The van der Waals surface area contributed by atoms with E-state index in [9.17, 15) is 0 Å². The van der Waals surface area contributed by atoms with Gasteiger partial charge in [0.25, 0.3) is 0 Å². The summed E-state index contributed by atoms with van der Waals surface area (Å²) < 4.78 is 6.40. The van der Waals surface area contributed by atoms with Crippen molar-refractivity contribution in [3.8, 4) is 55.6 Å². The maximum absolute atomic E-state index is 6.40. The number of furan rings is 1. The van der Waals surface area contributed by atoms with E-state index in [1.165, 1.54) is 44.5 Å². The summed E-state index contributed by atoms with van der Waals surface area (Å²) in [6.45, 7) is 0. The number of rotatable bonds is 8. The molecule has 10 aromatic rings. The van der Waals surface area contributed by atoms with Gasteiger partial charge in [-0.25, -0.2) is 0 Å². The quantitative estimate of drug-likeness (QED) is 0.156. The first kappa shape index (κ1) is 33.2. The van der Waals surface area contributed by atoms with Gasteiger partial charge in [-0.2, -0.15) is 0 Å². The molecule has 0 N–H and O–H groups in total. The van der Waals surface area contributed by atoms with Gasteiger partial charge in [-0.1, -0.05) is 176 Å². The topological polar surface area (TPSA) is 16.4 Å². The Bertz CT molecular complexity index is 2910. The largest absolute Gasteiger partial charge is 0.455 e. The van der Waals surface area contributed by atoms with Crippen molar-refractivity contribution in [2.45, 2.75) is 0 Å². The number of benzene rings is 9. The first-order chi connectivity index (χ1) is 27.8. The second-order valence-electron chi connectivity index (χ2n) is 14.1. The number of fused-ring (bicyclic) bond motifs is 3. The third kappa shape index (κ3) is 6.24. The third-order valence-corrected chi connectivity index (χ3v) is 10.7. The van der Waals surface area contributed by atoms with E-state index in [1.54, 1.807) is 0 Å². The molecule has 264 valence electrons. The molecule has 0 fully saturated rings. The number of hydrogen-bond acceptors (Lipinski definition) is 2. The molecule has 0 spiro atoms. The minimum absolute atomic E-state index is 0.906. The molecule has 0 saturated carbocycles. The average Bonchev–Trinajstić information content (AvgIpc) is 3.67. The van der Waals surface area contributed by atoms with Gasteiger partial charge in [-0.15, -0.1) is 0 Å². The highest BCUT2D eigenvalue weighted by molar-refractivity contribution is 6.09. The molecule has 0 atom stereocenters. The van der Waals surface area contributed by atoms with Crippen molar-refractivity contribution in [2.75, 3.05) is 4.90 Å². The zero-order valence-corrected chi connectivity index (χ0v) is 30.7. The van der Waals surface area contributed by atoms with Crippen LogP contribution in [-0.4, -0.2) is 0 Å². The van der Waals surface area contributed by atoms with E-state index < -0.39 is 0 Å². The zero-order chi connectivity index (χ0) is 37.3. The minimum atomic E-state index is 0.906. The molecule has 10 rings (SSSR count). The lowest BCUT2D eigenvalue weighted by molar-refractivity contribution is 0.670. The van der Waals surface area contributed by atoms with Crippen molar-refractivity contribution in [3.05, 3.63) is 224 Å². The van der Waals surface area contributed by atoms with Crippen LogP contribution in [0.2, 0.25) is 0 Å². The molecule has 0 saturated heterocycles. The molecule has 2 heteroatoms. The summed E-state index contributed by atoms with van der Waals surface area (Å²) in [6.07, 6.45) is 0. The molecule has 0 aliphatic heterocycles. The van der Waals surface area contributed by atoms with Crippen molar-refractivity contribution in [1.29, 1.82) is 0 Å². The Morgan fingerprint density at radius 1 is 0.268 bits per heavy atom. The maximum atomic E-state index is 6.40. The molecule has 9 aromatic carbocycles. The fraction of sp³-hybridized carbons (Fsp3) is 0. The summed E-state index contributed by atoms with van der Waals surface area (Å²) in [5.41, 5.74) is 16.8. The van der Waals surface area contributed by atoms with Gasteiger partial charge in [-0.3, -0.25) is 0 Å². The normalized spacial score (nSPS) is 11.2. The van der Waals surface area contributed by atoms with Crippen LogP contribution in [0.25, 0.3) is 77.6 Å². The second kappa shape index (κ2) is 14.4. The fourth-order valence-corrected chi connectivity index (χ4v) is 7.90. The van der Waals surface area contributed by atoms with Crippen LogP contribution < -0.4 is 4.90 Å². The summed E-state index contributed by atoms with van der Waals surface area (Å²) >= 11 is 0. The van der Waals surface area contributed by atoms with Crippen LogP contribution in [0.4, 0.5) is 17.1 Å². The van der Waals surface area contributed by atoms with Gasteiger partial charge in [0, 0.05) is 33.4 Å². The Morgan fingerprint density at radius 3 is 1.30 bits per heavy atom. The number of nitrogens with zero attached hydrogens (tertiary/aromatic N) is 1. The monoisotopic (exact) mass is 715 g/mol. The van der Waals surface area contributed by atoms with E-state index in [4.69, 9.17) is 4.42 Å². The molecule has 0 radical (unpaired) electrons. The SMILES string of the molecule is c1ccc(-c2ccc(N(c3ccc(-c4ccc(-c5ccccc5)c(-c5ccccc5)c4)cc3)c3ccc(-c4cccc5c4oc4ccccc45)cc3)cc2)cc1. The first-order valence-corrected chi connectivity index (χ1v) is 19.1. The summed E-state index contributed by atoms with van der Waals surface area (Å²) in [6, 6.07) is 80.0. The molecule has 0 bridgehead atoms. The van der Waals surface area contributed by atoms with E-state index in [0.29, 0.717) is 0 Å². The van der Waals surface area contributed by atoms with Crippen LogP contribution in [0.1, 0.15) is 0 Å². The smallest absolute Gasteiger partial charge is 0.143 e. The highest BCUT2D eigenvalue weighted by Gasteiger charge is 2.17. The molecule has 0 amide bonds. The Labute approximate surface area is 327 Å². The number of anilines is 3. The predicted octanol–water partition coefficient (Wildman–Crippen LogP) is 15.4. The highest BCUT2D eigenvalue weighted by atomic mass is 16.3. The van der Waals surface area contributed by atoms with Gasteiger partial charge >= 0.3 is 0 Å². The van der Waals surface area contributed by atoms with Crippen LogP contribution >= 0.6 is 0 Å². The van der Waals surface area contributed by atoms with Crippen molar-refractivity contribution < 1.29 is 4.42 Å². The average molecular weight is 716 g/mol. The molecule has 2 nitrogen and oxygen atoms in total. The van der Waals surface area contributed by atoms with Gasteiger partial charge in [0.05, 0.1) is 0 Å². The van der Waals surface area contributed by atoms with Gasteiger partial charge in [-0.05, 0) is 98.6 Å². The van der Waals surface area contributed by atoms with E-state index in [2.05, 4.69) is 217 Å². The second-order valence-corrected chi connectivity index (χ2v) is 14.1. The lowest BCUT2D eigenvalue weighted by Crippen LogP contribution is -2.09. The zero-order valence-electron chi connectivity index (χ0n) is 30.7. The summed E-state index contributed by atoms with van der Waals surface area (Å²) in [7, 11) is 0. The summed E-state index contributed by atoms with van der Waals surface area (Å²) in [5, 5.41) is 2.27. The fourth-order valence-electron chi connectivity index (χ4n) is 7.90. The lowest BCUT2D eigenvalue weighted by Gasteiger charge is -2.26. The molecule has 0 unspecified atom stereocenters. The van der Waals surface area contributed by atoms with E-state index >= 15 is 0 Å². The molecular weight excluding hydrogens is 679 g/mol. The molecule has 56 heavy (non-hydrogen) atoms. The van der Waals surface area contributed by atoms with Gasteiger partial charge in [0.1, 0.15) is 11.2 Å². The van der Waals surface area contributed by atoms with Crippen molar-refractivity contribution in [3.63, 3.8) is 0 Å². The van der Waals surface area contributed by atoms with E-state index in [1.807, 2.05) is 12.1 Å². The van der Waals surface area contributed by atoms with Crippen LogP contribution in [0.15, 0.2) is 229 Å². The standard InChI is InChI=1S/C54H37NO/c1-4-13-38(14-5-1)39-23-30-45(31-24-39)55(47-34-27-43(28-35-47)49-20-12-21-51-50-19-10-11-22-53(50)56-54(49)51)46-32-25-40(26-33-46)44-29-36-48(41-15-6-2-7-16-41)52(37-44)42-17-8-3-9-18-42/h1-37H. The summed E-state index contributed by atoms with van der Waals surface area (Å²) in [4.78, 5) is 2.33. The predicted molar refractivity (Wildman–Crippen MR) is 236 cm³/mol. The van der Waals surface area contributed by atoms with Crippen LogP contribution in [0.5, 0.6) is 0 Å². The Balaban J connectivity index is 1.03. The third-order valence-electron chi connectivity index (χ3n) is 10.7. The van der Waals surface area contributed by atoms with Crippen LogP contribution in [0.3, 0.4) is 0 Å². The highest BCUT2D eigenvalue weighted by Crippen LogP contribution is 2.41. The van der Waals surface area contributed by atoms with Crippen molar-refractivity contribution in [1.82, 2.24) is 0 Å². The van der Waals surface area contributed by atoms with Gasteiger partial charge < -0.3 is 9.32 Å². The molecule has 1 heterocycles. The van der Waals surface area contributed by atoms with Gasteiger partial charge in [0.15, 0.2) is 0 Å². The Morgan fingerprint density at radius 2 is 0.696 bits per heavy atom. The molecule has 0 aliphatic carbocycles. The number of para-hydroxylation sites is 2. The van der Waals surface area contributed by atoms with Crippen molar-refractivity contribution >= 4 is 39.0 Å². The van der Waals surface area contributed by atoms with Crippen LogP contribution in [-0.2, 0) is 0 Å². The molecule has 1 aromatic heterocycles. The Kier molecular flexibility index (Phi) is 8.55. The maximum Gasteiger partial charge on any atom is 0.143 e. The minimum Gasteiger partial charge on any atom is -0.455 e. The summed E-state index contributed by atoms with van der Waals surface area (Å²) in [5.74, 6) is 0. The number of hydrogen-bond donors (Lipinski definition) is 0.